The van der Waals surface area contributed by atoms with Crippen molar-refractivity contribution >= 4 is 5.97 Å². The summed E-state index contributed by atoms with van der Waals surface area (Å²) in [7, 11) is 3.85. The molecule has 0 saturated carbocycles. The van der Waals surface area contributed by atoms with Crippen molar-refractivity contribution in [1.29, 1.82) is 0 Å². The van der Waals surface area contributed by atoms with Crippen LogP contribution in [0.4, 0.5) is 0 Å². The quantitative estimate of drug-likeness (QED) is 0.618. The lowest BCUT2D eigenvalue weighted by Gasteiger charge is -2.40. The number of methoxy groups -OCH3 is 1. The normalized spacial score (nSPS) is 25.9. The number of ether oxygens (including phenoxy) is 2. The maximum atomic E-state index is 11.9. The maximum Gasteiger partial charge on any atom is 0.338 e. The number of fused-ring (bicyclic) bond motifs is 1. The summed E-state index contributed by atoms with van der Waals surface area (Å²) in [5, 5.41) is 0. The molecule has 4 nitrogen and oxygen atoms in total. The molecule has 25 heavy (non-hydrogen) atoms. The molecule has 1 saturated heterocycles. The molecular formula is C21H27NO3. The fraction of sp³-hybridized carbons (Fsp3) is 0.476. The van der Waals surface area contributed by atoms with Gasteiger partial charge >= 0.3 is 5.97 Å². The molecule has 1 fully saturated rings. The summed E-state index contributed by atoms with van der Waals surface area (Å²) in [4.78, 5) is 14.2. The first kappa shape index (κ1) is 17.7. The van der Waals surface area contributed by atoms with Gasteiger partial charge in [-0.05, 0) is 63.6 Å². The number of hydrogen-bond donors (Lipinski definition) is 0. The fourth-order valence-electron chi connectivity index (χ4n) is 4.19. The van der Waals surface area contributed by atoms with Gasteiger partial charge in [0.15, 0.2) is 0 Å². The SMILES string of the molecule is C=C(C)C(=O)OC1=CC2N(C)CCC2(c2ccc(OC)c(C)c2)CC1. The smallest absolute Gasteiger partial charge is 0.338 e. The molecule has 0 aromatic heterocycles. The van der Waals surface area contributed by atoms with Gasteiger partial charge in [-0.1, -0.05) is 18.7 Å². The van der Waals surface area contributed by atoms with Gasteiger partial charge in [0.1, 0.15) is 11.5 Å². The Bertz CT molecular complexity index is 737. The number of carbonyl (C=O) groups excluding carboxylic acids is 1. The molecule has 1 aromatic carbocycles. The molecular weight excluding hydrogens is 314 g/mol. The molecule has 1 aromatic rings. The summed E-state index contributed by atoms with van der Waals surface area (Å²) in [6.07, 6.45) is 4.99. The maximum absolute atomic E-state index is 11.9. The lowest BCUT2D eigenvalue weighted by molar-refractivity contribution is -0.135. The zero-order valence-corrected chi connectivity index (χ0v) is 15.6. The molecule has 0 N–H and O–H groups in total. The highest BCUT2D eigenvalue weighted by Gasteiger charge is 2.48. The molecule has 2 aliphatic rings. The van der Waals surface area contributed by atoms with E-state index < -0.39 is 0 Å². The van der Waals surface area contributed by atoms with Crippen LogP contribution in [-0.2, 0) is 14.9 Å². The molecule has 2 atom stereocenters. The Morgan fingerprint density at radius 1 is 1.36 bits per heavy atom. The third-order valence-corrected chi connectivity index (χ3v) is 5.65. The van der Waals surface area contributed by atoms with Gasteiger partial charge in [0, 0.05) is 23.5 Å². The van der Waals surface area contributed by atoms with E-state index in [1.54, 1.807) is 14.0 Å². The zero-order valence-electron chi connectivity index (χ0n) is 15.6. The minimum Gasteiger partial charge on any atom is -0.496 e. The van der Waals surface area contributed by atoms with Crippen LogP contribution in [0.1, 0.15) is 37.3 Å². The molecule has 134 valence electrons. The lowest BCUT2D eigenvalue weighted by atomic mass is 9.68. The van der Waals surface area contributed by atoms with Gasteiger partial charge in [-0.3, -0.25) is 4.90 Å². The number of hydrogen-bond acceptors (Lipinski definition) is 4. The number of carbonyl (C=O) groups is 1. The molecule has 0 bridgehead atoms. The molecule has 0 radical (unpaired) electrons. The number of rotatable bonds is 4. The Balaban J connectivity index is 1.94. The number of likely N-dealkylation sites (N-methyl/N-ethyl adjacent to an activating group) is 1. The topological polar surface area (TPSA) is 38.8 Å². The zero-order chi connectivity index (χ0) is 18.2. The van der Waals surface area contributed by atoms with Crippen molar-refractivity contribution < 1.29 is 14.3 Å². The minimum absolute atomic E-state index is 0.0743. The Hall–Kier alpha value is -2.07. The van der Waals surface area contributed by atoms with E-state index >= 15 is 0 Å². The van der Waals surface area contributed by atoms with E-state index in [-0.39, 0.29) is 17.4 Å². The number of benzene rings is 1. The second-order valence-corrected chi connectivity index (χ2v) is 7.32. The van der Waals surface area contributed by atoms with Crippen molar-refractivity contribution in [2.75, 3.05) is 20.7 Å². The number of nitrogens with zero attached hydrogens (tertiary/aromatic N) is 1. The average Bonchev–Trinajstić information content (AvgIpc) is 2.92. The van der Waals surface area contributed by atoms with Crippen molar-refractivity contribution in [2.24, 2.45) is 0 Å². The van der Waals surface area contributed by atoms with E-state index in [0.717, 1.165) is 42.9 Å². The number of likely N-dealkylation sites (tertiary alicyclic amines) is 1. The van der Waals surface area contributed by atoms with Crippen molar-refractivity contribution in [3.8, 4) is 5.75 Å². The van der Waals surface area contributed by atoms with Crippen molar-refractivity contribution in [1.82, 2.24) is 4.90 Å². The second kappa shape index (κ2) is 6.68. The van der Waals surface area contributed by atoms with Crippen LogP contribution >= 0.6 is 0 Å². The fourth-order valence-corrected chi connectivity index (χ4v) is 4.19. The van der Waals surface area contributed by atoms with Crippen LogP contribution in [0.25, 0.3) is 0 Å². The number of esters is 1. The van der Waals surface area contributed by atoms with Crippen LogP contribution in [-0.4, -0.2) is 37.6 Å². The monoisotopic (exact) mass is 341 g/mol. The molecule has 1 aliphatic carbocycles. The third kappa shape index (κ3) is 3.11. The number of aryl methyl sites for hydroxylation is 1. The summed E-state index contributed by atoms with van der Waals surface area (Å²) in [5.41, 5.74) is 3.02. The third-order valence-electron chi connectivity index (χ3n) is 5.65. The van der Waals surface area contributed by atoms with Gasteiger partial charge in [-0.2, -0.15) is 0 Å². The first-order valence-corrected chi connectivity index (χ1v) is 8.81. The molecule has 1 heterocycles. The molecule has 4 heteroatoms. The molecule has 1 aliphatic heterocycles. The van der Waals surface area contributed by atoms with Gasteiger partial charge in [0.25, 0.3) is 0 Å². The van der Waals surface area contributed by atoms with E-state index in [2.05, 4.69) is 49.7 Å². The van der Waals surface area contributed by atoms with Crippen LogP contribution in [0.5, 0.6) is 5.75 Å². The van der Waals surface area contributed by atoms with E-state index in [0.29, 0.717) is 5.57 Å². The van der Waals surface area contributed by atoms with E-state index in [1.165, 1.54) is 5.56 Å². The van der Waals surface area contributed by atoms with Gasteiger partial charge in [0.05, 0.1) is 7.11 Å². The van der Waals surface area contributed by atoms with Crippen LogP contribution < -0.4 is 4.74 Å². The summed E-state index contributed by atoms with van der Waals surface area (Å²) in [6.45, 7) is 8.47. The highest BCUT2D eigenvalue weighted by Crippen LogP contribution is 2.48. The van der Waals surface area contributed by atoms with Crippen LogP contribution in [0.3, 0.4) is 0 Å². The first-order chi connectivity index (χ1) is 11.9. The van der Waals surface area contributed by atoms with Crippen LogP contribution in [0.2, 0.25) is 0 Å². The molecule has 0 spiro atoms. The van der Waals surface area contributed by atoms with E-state index in [9.17, 15) is 4.79 Å². The van der Waals surface area contributed by atoms with Crippen molar-refractivity contribution in [3.63, 3.8) is 0 Å². The Kier molecular flexibility index (Phi) is 4.74. The van der Waals surface area contributed by atoms with Gasteiger partial charge in [-0.25, -0.2) is 4.79 Å². The summed E-state index contributed by atoms with van der Waals surface area (Å²) >= 11 is 0. The van der Waals surface area contributed by atoms with Crippen LogP contribution in [0, 0.1) is 6.92 Å². The summed E-state index contributed by atoms with van der Waals surface area (Å²) in [5.74, 6) is 1.36. The molecule has 3 rings (SSSR count). The molecule has 0 amide bonds. The predicted octanol–water partition coefficient (Wildman–Crippen LogP) is 3.74. The van der Waals surface area contributed by atoms with Crippen molar-refractivity contribution in [2.45, 2.75) is 44.6 Å². The highest BCUT2D eigenvalue weighted by molar-refractivity contribution is 5.87. The second-order valence-electron chi connectivity index (χ2n) is 7.32. The largest absolute Gasteiger partial charge is 0.496 e. The number of allylic oxidation sites excluding steroid dienone is 1. The highest BCUT2D eigenvalue weighted by atomic mass is 16.5. The van der Waals surface area contributed by atoms with Gasteiger partial charge in [0.2, 0.25) is 0 Å². The summed E-state index contributed by atoms with van der Waals surface area (Å²) in [6, 6.07) is 6.75. The first-order valence-electron chi connectivity index (χ1n) is 8.81. The lowest BCUT2D eigenvalue weighted by Crippen LogP contribution is -2.42. The van der Waals surface area contributed by atoms with Gasteiger partial charge in [-0.15, -0.1) is 0 Å². The Morgan fingerprint density at radius 3 is 2.76 bits per heavy atom. The predicted molar refractivity (Wildman–Crippen MR) is 98.7 cm³/mol. The molecule has 2 unspecified atom stereocenters. The summed E-state index contributed by atoms with van der Waals surface area (Å²) < 4.78 is 10.9. The standard InChI is InChI=1S/C21H27NO3/c1-14(2)20(23)25-17-8-9-21(10-11-22(4)19(21)13-17)16-6-7-18(24-5)15(3)12-16/h6-7,12-13,19H,1,8-11H2,2-5H3. The van der Waals surface area contributed by atoms with Crippen molar-refractivity contribution in [3.05, 3.63) is 53.3 Å². The van der Waals surface area contributed by atoms with E-state index in [1.807, 2.05) is 0 Å². The van der Waals surface area contributed by atoms with Gasteiger partial charge < -0.3 is 9.47 Å². The van der Waals surface area contributed by atoms with E-state index in [4.69, 9.17) is 9.47 Å². The van der Waals surface area contributed by atoms with Crippen LogP contribution in [0.15, 0.2) is 42.2 Å². The average molecular weight is 341 g/mol. The Labute approximate surface area is 150 Å². The minimum atomic E-state index is -0.334. The Morgan fingerprint density at radius 2 is 2.12 bits per heavy atom.